The fourth-order valence-corrected chi connectivity index (χ4v) is 9.42. The summed E-state index contributed by atoms with van der Waals surface area (Å²) < 4.78 is 24.8. The number of aromatic hydroxyl groups is 1. The van der Waals surface area contributed by atoms with Gasteiger partial charge in [-0.15, -0.1) is 0 Å². The molecule has 6 heteroatoms. The summed E-state index contributed by atoms with van der Waals surface area (Å²) in [5, 5.41) is 18.8. The zero-order valence-corrected chi connectivity index (χ0v) is 34.9. The largest absolute Gasteiger partial charge is 0.549 e. The second-order valence-electron chi connectivity index (χ2n) is 16.6. The highest BCUT2D eigenvalue weighted by atomic mass is 16.5. The number of phenolic OH excluding ortho intramolecular Hbond substituents is 1. The molecule has 0 saturated heterocycles. The molecule has 0 aliphatic carbocycles. The van der Waals surface area contributed by atoms with Crippen LogP contribution in [0.4, 0.5) is 0 Å². The van der Waals surface area contributed by atoms with E-state index in [0.29, 0.717) is 19.0 Å². The second kappa shape index (κ2) is 15.2. The van der Waals surface area contributed by atoms with Gasteiger partial charge in [0.1, 0.15) is 17.5 Å². The molecule has 1 N–H and O–H groups in total. The summed E-state index contributed by atoms with van der Waals surface area (Å²) in [5.41, 5.74) is 11.3. The van der Waals surface area contributed by atoms with Gasteiger partial charge in [0.25, 0.3) is 0 Å². The van der Waals surface area contributed by atoms with Crippen molar-refractivity contribution in [1.82, 2.24) is 9.13 Å². The quantitative estimate of drug-likeness (QED) is 0.148. The van der Waals surface area contributed by atoms with Gasteiger partial charge in [0, 0.05) is 43.9 Å². The first-order chi connectivity index (χ1) is 30.4. The monoisotopic (exact) mass is 809 g/mol. The Morgan fingerprint density at radius 3 is 1.66 bits per heavy atom. The molecule has 3 heterocycles. The lowest BCUT2D eigenvalue weighted by Crippen LogP contribution is -2.07. The van der Waals surface area contributed by atoms with Crippen molar-refractivity contribution in [1.29, 1.82) is 0 Å². The molecule has 0 fully saturated rings. The Bertz CT molecular complexity index is 3450. The van der Waals surface area contributed by atoms with Crippen molar-refractivity contribution in [3.63, 3.8) is 0 Å². The van der Waals surface area contributed by atoms with E-state index < -0.39 is 0 Å². The lowest BCUT2D eigenvalue weighted by Gasteiger charge is -2.18. The molecule has 0 amide bonds. The van der Waals surface area contributed by atoms with Gasteiger partial charge in [0.2, 0.25) is 0 Å². The third-order valence-electron chi connectivity index (χ3n) is 12.3. The Kier molecular flexibility index (Phi) is 9.15. The summed E-state index contributed by atoms with van der Waals surface area (Å²) in [6.07, 6.45) is 1.32. The predicted molar refractivity (Wildman–Crippen MR) is 254 cm³/mol. The van der Waals surface area contributed by atoms with Gasteiger partial charge in [0.15, 0.2) is 0 Å². The van der Waals surface area contributed by atoms with Crippen LogP contribution < -0.4 is 4.74 Å². The summed E-state index contributed by atoms with van der Waals surface area (Å²) in [4.78, 5) is 0. The molecule has 0 aliphatic heterocycles. The highest BCUT2D eigenvalue weighted by Gasteiger charge is 2.20. The highest BCUT2D eigenvalue weighted by molar-refractivity contribution is 6.12. The van der Waals surface area contributed by atoms with Crippen LogP contribution in [0.2, 0.25) is 0 Å². The standard InChI is InChI=1S/C56H45N2O4/c1-35(28-29-60-52-26-14-8-20-42(52)44-30-36(2)32-50(55(44)59)57-46-22-10-4-16-38(46)39-17-5-11-23-47(39)57)34-54-61-53-27-15-9-21-43(53)45-31-37(3)33-51(56(45)62-54)58-48-24-12-6-18-40(48)41-19-7-13-25-49(41)58/h4-27,30-33,35,59H,28-29,34H2,1-3H3/q-1. The van der Waals surface area contributed by atoms with Crippen LogP contribution in [0, 0.1) is 19.8 Å². The summed E-state index contributed by atoms with van der Waals surface area (Å²) >= 11 is 0. The van der Waals surface area contributed by atoms with E-state index in [9.17, 15) is 5.11 Å². The normalized spacial score (nSPS) is 12.3. The van der Waals surface area contributed by atoms with Crippen molar-refractivity contribution in [2.45, 2.75) is 33.6 Å². The first-order valence-electron chi connectivity index (χ1n) is 21.4. The lowest BCUT2D eigenvalue weighted by molar-refractivity contribution is 0.265. The average molecular weight is 810 g/mol. The zero-order chi connectivity index (χ0) is 41.9. The molecule has 0 radical (unpaired) electrons. The van der Waals surface area contributed by atoms with Gasteiger partial charge in [-0.3, -0.25) is 0 Å². The van der Waals surface area contributed by atoms with Crippen molar-refractivity contribution in [3.8, 4) is 34.0 Å². The molecule has 1 unspecified atom stereocenters. The van der Waals surface area contributed by atoms with Crippen LogP contribution in [0.5, 0.6) is 11.5 Å². The minimum atomic E-state index is 0.155. The second-order valence-corrected chi connectivity index (χ2v) is 16.6. The molecule has 0 aliphatic rings. The summed E-state index contributed by atoms with van der Waals surface area (Å²) in [6.45, 7) is 6.89. The van der Waals surface area contributed by atoms with E-state index in [4.69, 9.17) is 13.6 Å². The first-order valence-corrected chi connectivity index (χ1v) is 21.4. The highest BCUT2D eigenvalue weighted by Crippen LogP contribution is 2.43. The third-order valence-corrected chi connectivity index (χ3v) is 12.3. The Morgan fingerprint density at radius 2 is 1.03 bits per heavy atom. The van der Waals surface area contributed by atoms with Crippen LogP contribution in [0.25, 0.3) is 88.1 Å². The minimum absolute atomic E-state index is 0.155. The molecule has 62 heavy (non-hydrogen) atoms. The number of aryl methyl sites for hydroxylation is 2. The van der Waals surface area contributed by atoms with Crippen molar-refractivity contribution in [2.24, 2.45) is 5.92 Å². The van der Waals surface area contributed by atoms with Crippen molar-refractivity contribution < 1.29 is 18.7 Å². The maximum absolute atomic E-state index is 12.1. The van der Waals surface area contributed by atoms with Crippen LogP contribution >= 0.6 is 0 Å². The van der Waals surface area contributed by atoms with E-state index >= 15 is 0 Å². The molecule has 0 spiro atoms. The first kappa shape index (κ1) is 37.4. The van der Waals surface area contributed by atoms with Crippen molar-refractivity contribution in [2.75, 3.05) is 6.61 Å². The molecule has 8 aromatic carbocycles. The van der Waals surface area contributed by atoms with E-state index in [1.54, 1.807) is 0 Å². The third kappa shape index (κ3) is 6.29. The van der Waals surface area contributed by atoms with Crippen molar-refractivity contribution >= 4 is 65.6 Å². The van der Waals surface area contributed by atoms with Crippen LogP contribution in [0.3, 0.4) is 0 Å². The maximum atomic E-state index is 12.1. The van der Waals surface area contributed by atoms with Gasteiger partial charge >= 0.3 is 0 Å². The number of hydrogen-bond donors (Lipinski definition) is 1. The van der Waals surface area contributed by atoms with E-state index in [1.165, 1.54) is 10.8 Å². The SMILES string of the molecule is Cc1cc(-c2ccccc2OCCC(C)C[c-]2oc3ccccc3c3cc(C)cc(-n4c5ccccc5c5ccccc54)c3o2)c(O)c(-n2c3ccccc3c3ccccc32)c1. The number of hydrogen-bond acceptors (Lipinski definition) is 4. The van der Waals surface area contributed by atoms with Gasteiger partial charge in [-0.2, -0.15) is 0 Å². The van der Waals surface area contributed by atoms with Gasteiger partial charge in [-0.05, 0) is 97.5 Å². The zero-order valence-electron chi connectivity index (χ0n) is 34.9. The number of fused-ring (bicyclic) bond motifs is 9. The molecule has 0 saturated carbocycles. The molecule has 11 aromatic rings. The van der Waals surface area contributed by atoms with Crippen LogP contribution in [-0.4, -0.2) is 20.8 Å². The van der Waals surface area contributed by atoms with Crippen LogP contribution in [0.1, 0.15) is 30.4 Å². The fraction of sp³-hybridized carbons (Fsp3) is 0.125. The molecule has 1 atom stereocenters. The smallest absolute Gasteiger partial charge is 0.148 e. The summed E-state index contributed by atoms with van der Waals surface area (Å²) in [6, 6.07) is 58.6. The minimum Gasteiger partial charge on any atom is -0.549 e. The van der Waals surface area contributed by atoms with Crippen LogP contribution in [-0.2, 0) is 6.42 Å². The number of para-hydroxylation sites is 6. The molecule has 6 nitrogen and oxygen atoms in total. The summed E-state index contributed by atoms with van der Waals surface area (Å²) in [5.74, 6) is 1.64. The fourth-order valence-electron chi connectivity index (χ4n) is 9.42. The number of ether oxygens (including phenoxy) is 1. The molecule has 0 bridgehead atoms. The van der Waals surface area contributed by atoms with Crippen molar-refractivity contribution in [3.05, 3.63) is 187 Å². The number of aromatic nitrogens is 2. The van der Waals surface area contributed by atoms with E-state index in [1.807, 2.05) is 54.6 Å². The summed E-state index contributed by atoms with van der Waals surface area (Å²) in [7, 11) is 0. The van der Waals surface area contributed by atoms with E-state index in [-0.39, 0.29) is 11.7 Å². The number of rotatable bonds is 9. The number of benzene rings is 8. The molecule has 3 aromatic heterocycles. The number of nitrogens with zero attached hydrogens (tertiary/aromatic N) is 2. The topological polar surface area (TPSA) is 65.6 Å². The van der Waals surface area contributed by atoms with Gasteiger partial charge < -0.3 is 27.8 Å². The molecular weight excluding hydrogens is 765 g/mol. The Morgan fingerprint density at radius 1 is 0.532 bits per heavy atom. The number of phenols is 1. The Labute approximate surface area is 359 Å². The Balaban J connectivity index is 0.923. The lowest BCUT2D eigenvalue weighted by atomic mass is 9.99. The average Bonchev–Trinajstić information content (AvgIpc) is 3.75. The molecular formula is C56H45N2O4-. The predicted octanol–water partition coefficient (Wildman–Crippen LogP) is 14.9. The van der Waals surface area contributed by atoms with E-state index in [0.717, 1.165) is 101 Å². The molecule has 11 rings (SSSR count). The van der Waals surface area contributed by atoms with Gasteiger partial charge in [-0.1, -0.05) is 134 Å². The Hall–Kier alpha value is -7.57. The maximum Gasteiger partial charge on any atom is 0.148 e. The van der Waals surface area contributed by atoms with E-state index in [2.05, 4.69) is 145 Å². The van der Waals surface area contributed by atoms with Gasteiger partial charge in [-0.25, -0.2) is 0 Å². The van der Waals surface area contributed by atoms with Crippen LogP contribution in [0.15, 0.2) is 179 Å². The van der Waals surface area contributed by atoms with Gasteiger partial charge in [0.05, 0.1) is 39.9 Å². The molecule has 304 valence electrons.